The van der Waals surface area contributed by atoms with E-state index in [0.717, 1.165) is 0 Å². The molecule has 0 spiro atoms. The molecule has 8 heterocycles. The van der Waals surface area contributed by atoms with E-state index in [1.165, 1.54) is 7.11 Å². The first-order chi connectivity index (χ1) is 42.8. The number of hydrogen-bond acceptors (Lipinski definition) is 41. The molecule has 41 heteroatoms. The predicted octanol–water partition coefficient (Wildman–Crippen LogP) is -18.1. The summed E-state index contributed by atoms with van der Waals surface area (Å²) in [4.78, 5) is 0. The molecule has 90 heavy (non-hydrogen) atoms. The van der Waals surface area contributed by atoms with E-state index in [-0.39, 0.29) is 0 Å². The second kappa shape index (κ2) is 32.1. The first kappa shape index (κ1) is 74.2. The van der Waals surface area contributed by atoms with Crippen LogP contribution in [0, 0.1) is 0 Å². The zero-order valence-electron chi connectivity index (χ0n) is 48.5. The molecule has 8 aliphatic rings. The Balaban J connectivity index is 0.849. The molecule has 8 fully saturated rings. The Morgan fingerprint density at radius 3 is 0.533 bits per heavy atom. The van der Waals surface area contributed by atoms with Crippen molar-refractivity contribution in [3.63, 3.8) is 0 Å². The third kappa shape index (κ3) is 15.1. The highest BCUT2D eigenvalue weighted by atomic mass is 16.8. The summed E-state index contributed by atoms with van der Waals surface area (Å²) in [6, 6.07) is -12.1. The molecule has 33 N–H and O–H groups in total. The molecule has 0 saturated carbocycles. The van der Waals surface area contributed by atoms with E-state index in [1.54, 1.807) is 0 Å². The lowest BCUT2D eigenvalue weighted by atomic mass is 9.93. The van der Waals surface area contributed by atoms with Crippen LogP contribution in [0.2, 0.25) is 0 Å². The van der Waals surface area contributed by atoms with Crippen molar-refractivity contribution >= 4 is 0 Å². The minimum absolute atomic E-state index is 0.669. The van der Waals surface area contributed by atoms with Crippen LogP contribution in [-0.2, 0) is 75.8 Å². The number of hydrogen-bond donors (Lipinski definition) is 25. The average Bonchev–Trinajstić information content (AvgIpc) is 0.930. The summed E-state index contributed by atoms with van der Waals surface area (Å²) in [5.74, 6) is 0. The van der Waals surface area contributed by atoms with E-state index in [2.05, 4.69) is 0 Å². The minimum Gasteiger partial charge on any atom is -0.394 e. The van der Waals surface area contributed by atoms with Gasteiger partial charge in [-0.1, -0.05) is 0 Å². The highest BCUT2D eigenvalue weighted by Gasteiger charge is 2.58. The normalized spacial score (nSPS) is 53.1. The van der Waals surface area contributed by atoms with Crippen molar-refractivity contribution in [1.29, 1.82) is 0 Å². The van der Waals surface area contributed by atoms with E-state index >= 15 is 0 Å². The van der Waals surface area contributed by atoms with Gasteiger partial charge in [0.2, 0.25) is 0 Å². The van der Waals surface area contributed by atoms with Gasteiger partial charge in [0.25, 0.3) is 0 Å². The molecule has 0 bridgehead atoms. The first-order valence-electron chi connectivity index (χ1n) is 29.2. The number of aliphatic hydroxyl groups excluding tert-OH is 17. The van der Waals surface area contributed by atoms with Gasteiger partial charge in [0.1, 0.15) is 146 Å². The molecule has 41 nitrogen and oxygen atoms in total. The molecule has 20 unspecified atom stereocenters. The van der Waals surface area contributed by atoms with E-state index in [4.69, 9.17) is 122 Å². The second-order valence-electron chi connectivity index (χ2n) is 23.3. The summed E-state index contributed by atoms with van der Waals surface area (Å²) in [6.45, 7) is -6.77. The van der Waals surface area contributed by atoms with Crippen molar-refractivity contribution < 1.29 is 163 Å². The van der Waals surface area contributed by atoms with E-state index < -0.39 is 298 Å². The predicted molar refractivity (Wildman–Crippen MR) is 285 cm³/mol. The Morgan fingerprint density at radius 1 is 0.222 bits per heavy atom. The van der Waals surface area contributed by atoms with Gasteiger partial charge < -0.3 is 208 Å². The number of rotatable bonds is 23. The molecule has 8 rings (SSSR count). The Hall–Kier alpha value is -1.64. The zero-order chi connectivity index (χ0) is 66.1. The second-order valence-corrected chi connectivity index (χ2v) is 23.3. The first-order valence-corrected chi connectivity index (χ1v) is 29.2. The van der Waals surface area contributed by atoms with E-state index in [9.17, 15) is 86.8 Å². The van der Waals surface area contributed by atoms with Crippen LogP contribution < -0.4 is 45.9 Å². The molecule has 0 aliphatic carbocycles. The third-order valence-electron chi connectivity index (χ3n) is 17.5. The molecule has 526 valence electrons. The molecular formula is C49H92N8O33. The Bertz CT molecular complexity index is 2170. The topological polar surface area (TPSA) is 700 Å². The lowest BCUT2D eigenvalue weighted by Crippen LogP contribution is -2.71. The molecule has 8 saturated heterocycles. The average molecular weight is 1320 g/mol. The van der Waals surface area contributed by atoms with Gasteiger partial charge in [-0.05, 0) is 0 Å². The Labute approximate surface area is 512 Å². The summed E-state index contributed by atoms with van der Waals surface area (Å²) in [5, 5.41) is 183. The van der Waals surface area contributed by atoms with Crippen LogP contribution in [0.4, 0.5) is 0 Å². The van der Waals surface area contributed by atoms with Gasteiger partial charge in [0.05, 0.1) is 101 Å². The van der Waals surface area contributed by atoms with Gasteiger partial charge in [0, 0.05) is 7.11 Å². The van der Waals surface area contributed by atoms with Gasteiger partial charge in [-0.3, -0.25) is 0 Å². The van der Waals surface area contributed by atoms with Crippen molar-refractivity contribution in [3.8, 4) is 0 Å². The monoisotopic (exact) mass is 1320 g/mol. The molecular weight excluding hydrogens is 1230 g/mol. The lowest BCUT2D eigenvalue weighted by molar-refractivity contribution is -0.370. The van der Waals surface area contributed by atoms with E-state index in [0.29, 0.717) is 0 Å². The largest absolute Gasteiger partial charge is 0.394 e. The van der Waals surface area contributed by atoms with Crippen molar-refractivity contribution in [1.82, 2.24) is 0 Å². The van der Waals surface area contributed by atoms with Gasteiger partial charge in [-0.15, -0.1) is 0 Å². The third-order valence-corrected chi connectivity index (χ3v) is 17.5. The molecule has 8 aliphatic heterocycles. The number of ether oxygens (including phenoxy) is 16. The molecule has 0 radical (unpaired) electrons. The highest BCUT2D eigenvalue weighted by Crippen LogP contribution is 2.38. The van der Waals surface area contributed by atoms with Gasteiger partial charge >= 0.3 is 0 Å². The van der Waals surface area contributed by atoms with Gasteiger partial charge in [0.15, 0.2) is 50.3 Å². The van der Waals surface area contributed by atoms with Gasteiger partial charge in [-0.2, -0.15) is 0 Å². The fourth-order valence-electron chi connectivity index (χ4n) is 12.0. The Kier molecular flexibility index (Phi) is 26.5. The number of aliphatic hydroxyl groups is 17. The summed E-state index contributed by atoms with van der Waals surface area (Å²) < 4.78 is 92.9. The van der Waals surface area contributed by atoms with Crippen molar-refractivity contribution in [2.24, 2.45) is 45.9 Å². The molecule has 40 atom stereocenters. The molecule has 0 aromatic rings. The molecule has 0 aromatic carbocycles. The SMILES string of the molecule is CO[C@H]1OC(CO)[C@H](OC2OC(CO)C(O[C@H]3OC(CO)[C@H](OC4OC(CO)C(O[C@H]5OC(CO)[C@H](OC6OC(CO)C(O[C@H]7OC(CO)[C@H](OC8OC(CO)C(O)[C@H](O)[C@@H]8N)C(O)[C@H]7N)[C@H](O)[C@@H]6N)C(O)[C@H]5N)[C@H](O)[C@@H]4N)C(O)[C@H]3N)[C@H](O)[C@@H]2N)C(O)[C@H]1N. The van der Waals surface area contributed by atoms with Crippen LogP contribution in [0.1, 0.15) is 0 Å². The van der Waals surface area contributed by atoms with Crippen molar-refractivity contribution in [2.75, 3.05) is 60.0 Å². The van der Waals surface area contributed by atoms with Crippen LogP contribution in [-0.4, -0.2) is 392 Å². The summed E-state index contributed by atoms with van der Waals surface area (Å²) >= 11 is 0. The maximum Gasteiger partial charge on any atom is 0.176 e. The zero-order valence-corrected chi connectivity index (χ0v) is 48.5. The summed E-state index contributed by atoms with van der Waals surface area (Å²) in [6.07, 6.45) is -51.1. The Morgan fingerprint density at radius 2 is 0.367 bits per heavy atom. The van der Waals surface area contributed by atoms with Gasteiger partial charge in [-0.25, -0.2) is 0 Å². The molecule has 0 aromatic heterocycles. The summed E-state index contributed by atoms with van der Waals surface area (Å²) in [5.41, 5.74) is 50.2. The van der Waals surface area contributed by atoms with Crippen LogP contribution in [0.3, 0.4) is 0 Å². The standard InChI is InChI=1S/C49H92N8O33/c1-75-42-19(51)28(68)35(11(3-59)77-42)85-44-21(53)30(70)37(13(5-61)79-44)87-46-23(55)32(72)39(15(7-63)81-46)89-48-25(57)34(74)41(17(9-65)83-48)90-49-24(56)33(73)40(16(8-64)82-49)88-47-22(54)31(71)38(14(6-62)80-47)86-45-20(52)29(69)36(12(4-60)78-45)84-43-18(50)27(67)26(66)10(2-58)76-43/h10-49,58-74H,2-9,50-57H2,1H3/t10?,11?,12?,13?,14?,15?,16?,17?,18-,19+,20+,21-,22-,23+,24+,25-,26?,27+,28?,29?,30+,31+,32?,33?,34+,35-,36-,37?,38?,39-,40-,41?,42-,43?,44?,45+,46+,47?,48?,49+/m0/s1. The fourth-order valence-corrected chi connectivity index (χ4v) is 12.0. The number of methoxy groups -OCH3 is 1. The van der Waals surface area contributed by atoms with Crippen LogP contribution in [0.5, 0.6) is 0 Å². The fraction of sp³-hybridized carbons (Fsp3) is 1.00. The summed E-state index contributed by atoms with van der Waals surface area (Å²) in [7, 11) is 1.27. The van der Waals surface area contributed by atoms with E-state index in [1.807, 2.05) is 0 Å². The number of nitrogens with two attached hydrogens (primary N) is 8. The minimum atomic E-state index is -1.86. The van der Waals surface area contributed by atoms with Crippen LogP contribution >= 0.6 is 0 Å². The maximum absolute atomic E-state index is 11.6. The quantitative estimate of drug-likeness (QED) is 0.0452. The van der Waals surface area contributed by atoms with Crippen LogP contribution in [0.15, 0.2) is 0 Å². The smallest absolute Gasteiger partial charge is 0.176 e. The lowest BCUT2D eigenvalue weighted by Gasteiger charge is -2.51. The highest BCUT2D eigenvalue weighted by molar-refractivity contribution is 5.04. The molecule has 0 amide bonds. The van der Waals surface area contributed by atoms with Crippen molar-refractivity contribution in [3.05, 3.63) is 0 Å². The maximum atomic E-state index is 11.6. The van der Waals surface area contributed by atoms with Crippen molar-refractivity contribution in [2.45, 2.75) is 245 Å². The van der Waals surface area contributed by atoms with Crippen LogP contribution in [0.25, 0.3) is 0 Å².